The summed E-state index contributed by atoms with van der Waals surface area (Å²) in [6.45, 7) is 7.11. The molecule has 0 unspecified atom stereocenters. The largest absolute Gasteiger partial charge is 0.444 e. The highest BCUT2D eigenvalue weighted by molar-refractivity contribution is 6.05. The van der Waals surface area contributed by atoms with Gasteiger partial charge in [-0.15, -0.1) is 0 Å². The van der Waals surface area contributed by atoms with Crippen LogP contribution in [0.15, 0.2) is 48.8 Å². The maximum Gasteiger partial charge on any atom is 0.410 e. The Bertz CT molecular complexity index is 1140. The second-order valence-corrected chi connectivity index (χ2v) is 9.38. The number of rotatable bonds is 4. The molecule has 8 heteroatoms. The van der Waals surface area contributed by atoms with Gasteiger partial charge in [0, 0.05) is 38.1 Å². The SMILES string of the molecule is CC(C)(C)OC(=O)N1CCC(NC(=O)c2cn(Cc3ccc(F)cc3)c3cccnc23)CC1. The first-order valence-electron chi connectivity index (χ1n) is 11.2. The Balaban J connectivity index is 1.44. The molecule has 2 aromatic heterocycles. The van der Waals surface area contributed by atoms with E-state index in [-0.39, 0.29) is 23.9 Å². The summed E-state index contributed by atoms with van der Waals surface area (Å²) in [5.74, 6) is -0.470. The van der Waals surface area contributed by atoms with E-state index in [2.05, 4.69) is 10.3 Å². The molecule has 1 aliphatic rings. The molecule has 2 amide bonds. The third kappa shape index (κ3) is 5.50. The lowest BCUT2D eigenvalue weighted by Crippen LogP contribution is -2.47. The smallest absolute Gasteiger partial charge is 0.410 e. The molecule has 1 aliphatic heterocycles. The van der Waals surface area contributed by atoms with Gasteiger partial charge in [0.05, 0.1) is 11.1 Å². The quantitative estimate of drug-likeness (QED) is 0.638. The summed E-state index contributed by atoms with van der Waals surface area (Å²) in [7, 11) is 0. The molecule has 0 radical (unpaired) electrons. The van der Waals surface area contributed by atoms with Crippen molar-refractivity contribution in [2.75, 3.05) is 13.1 Å². The molecule has 1 N–H and O–H groups in total. The number of nitrogens with zero attached hydrogens (tertiary/aromatic N) is 3. The Hall–Kier alpha value is -3.42. The van der Waals surface area contributed by atoms with Crippen LogP contribution in [0, 0.1) is 5.82 Å². The third-order valence-corrected chi connectivity index (χ3v) is 5.63. The van der Waals surface area contributed by atoms with E-state index in [1.807, 2.05) is 37.5 Å². The molecule has 7 nitrogen and oxygen atoms in total. The molecular formula is C25H29FN4O3. The van der Waals surface area contributed by atoms with Crippen LogP contribution in [0.4, 0.5) is 9.18 Å². The number of hydrogen-bond donors (Lipinski definition) is 1. The lowest BCUT2D eigenvalue weighted by molar-refractivity contribution is 0.0199. The minimum absolute atomic E-state index is 0.0320. The fourth-order valence-corrected chi connectivity index (χ4v) is 4.00. The lowest BCUT2D eigenvalue weighted by Gasteiger charge is -2.33. The van der Waals surface area contributed by atoms with Crippen molar-refractivity contribution < 1.29 is 18.7 Å². The molecule has 33 heavy (non-hydrogen) atoms. The van der Waals surface area contributed by atoms with Crippen molar-refractivity contribution in [3.63, 3.8) is 0 Å². The van der Waals surface area contributed by atoms with Crippen molar-refractivity contribution >= 4 is 23.0 Å². The summed E-state index contributed by atoms with van der Waals surface area (Å²) in [5, 5.41) is 3.10. The van der Waals surface area contributed by atoms with E-state index in [9.17, 15) is 14.0 Å². The van der Waals surface area contributed by atoms with E-state index in [4.69, 9.17) is 4.74 Å². The van der Waals surface area contributed by atoms with Crippen molar-refractivity contribution in [3.05, 3.63) is 65.7 Å². The van der Waals surface area contributed by atoms with Crippen LogP contribution in [0.5, 0.6) is 0 Å². The number of likely N-dealkylation sites (tertiary alicyclic amines) is 1. The number of halogens is 1. The number of nitrogens with one attached hydrogen (secondary N) is 1. The first-order chi connectivity index (χ1) is 15.7. The summed E-state index contributed by atoms with van der Waals surface area (Å²) >= 11 is 0. The number of ether oxygens (including phenoxy) is 1. The zero-order valence-electron chi connectivity index (χ0n) is 19.2. The molecule has 0 atom stereocenters. The first-order valence-corrected chi connectivity index (χ1v) is 11.2. The van der Waals surface area contributed by atoms with E-state index in [0.717, 1.165) is 11.1 Å². The molecule has 3 heterocycles. The zero-order valence-corrected chi connectivity index (χ0v) is 19.2. The van der Waals surface area contributed by atoms with Crippen LogP contribution in [0.25, 0.3) is 11.0 Å². The second-order valence-electron chi connectivity index (χ2n) is 9.38. The van der Waals surface area contributed by atoms with Gasteiger partial charge in [0.2, 0.25) is 0 Å². The monoisotopic (exact) mass is 452 g/mol. The van der Waals surface area contributed by atoms with Gasteiger partial charge in [-0.2, -0.15) is 0 Å². The third-order valence-electron chi connectivity index (χ3n) is 5.63. The highest BCUT2D eigenvalue weighted by atomic mass is 19.1. The van der Waals surface area contributed by atoms with Crippen LogP contribution in [-0.2, 0) is 11.3 Å². The van der Waals surface area contributed by atoms with Crippen molar-refractivity contribution in [1.29, 1.82) is 0 Å². The fourth-order valence-electron chi connectivity index (χ4n) is 4.00. The Labute approximate surface area is 192 Å². The topological polar surface area (TPSA) is 76.5 Å². The second kappa shape index (κ2) is 9.21. The fraction of sp³-hybridized carbons (Fsp3) is 0.400. The summed E-state index contributed by atoms with van der Waals surface area (Å²) in [6, 6.07) is 10.0. The van der Waals surface area contributed by atoms with Gasteiger partial charge in [-0.05, 0) is 63.4 Å². The van der Waals surface area contributed by atoms with Gasteiger partial charge < -0.3 is 19.5 Å². The standard InChI is InChI=1S/C25H29FN4O3/c1-25(2,3)33-24(32)29-13-10-19(11-14-29)28-23(31)20-16-30(21-5-4-12-27-22(20)21)15-17-6-8-18(26)9-7-17/h4-9,12,16,19H,10-11,13-15H2,1-3H3,(H,28,31). The summed E-state index contributed by atoms with van der Waals surface area (Å²) < 4.78 is 20.6. The van der Waals surface area contributed by atoms with E-state index >= 15 is 0 Å². The van der Waals surface area contributed by atoms with E-state index in [1.165, 1.54) is 12.1 Å². The van der Waals surface area contributed by atoms with Gasteiger partial charge in [0.15, 0.2) is 0 Å². The Morgan fingerprint density at radius 2 is 1.85 bits per heavy atom. The highest BCUT2D eigenvalue weighted by Crippen LogP contribution is 2.22. The molecule has 0 bridgehead atoms. The van der Waals surface area contributed by atoms with Crippen LogP contribution in [-0.4, -0.2) is 51.2 Å². The summed E-state index contributed by atoms with van der Waals surface area (Å²) in [6.07, 6.45) is 4.46. The van der Waals surface area contributed by atoms with Gasteiger partial charge >= 0.3 is 6.09 Å². The number of pyridine rings is 1. The molecule has 1 fully saturated rings. The highest BCUT2D eigenvalue weighted by Gasteiger charge is 2.28. The zero-order chi connectivity index (χ0) is 23.6. The van der Waals surface area contributed by atoms with Crippen molar-refractivity contribution in [2.24, 2.45) is 0 Å². The van der Waals surface area contributed by atoms with Gasteiger partial charge in [-0.1, -0.05) is 12.1 Å². The minimum Gasteiger partial charge on any atom is -0.444 e. The number of hydrogen-bond acceptors (Lipinski definition) is 4. The predicted molar refractivity (Wildman–Crippen MR) is 124 cm³/mol. The van der Waals surface area contributed by atoms with Crippen LogP contribution < -0.4 is 5.32 Å². The molecule has 1 saturated heterocycles. The molecule has 0 saturated carbocycles. The summed E-state index contributed by atoms with van der Waals surface area (Å²) in [4.78, 5) is 31.5. The van der Waals surface area contributed by atoms with Crippen molar-refractivity contribution in [1.82, 2.24) is 19.8 Å². The lowest BCUT2D eigenvalue weighted by atomic mass is 10.0. The molecule has 3 aromatic rings. The van der Waals surface area contributed by atoms with Crippen LogP contribution >= 0.6 is 0 Å². The van der Waals surface area contributed by atoms with Crippen LogP contribution in [0.2, 0.25) is 0 Å². The molecule has 0 spiro atoms. The molecule has 1 aromatic carbocycles. The van der Waals surface area contributed by atoms with Crippen molar-refractivity contribution in [2.45, 2.75) is 51.8 Å². The Kier molecular flexibility index (Phi) is 6.35. The number of carbonyl (C=O) groups is 2. The number of carbonyl (C=O) groups excluding carboxylic acids is 2. The Morgan fingerprint density at radius 3 is 2.52 bits per heavy atom. The number of benzene rings is 1. The summed E-state index contributed by atoms with van der Waals surface area (Å²) in [5.41, 5.74) is 2.37. The van der Waals surface area contributed by atoms with Gasteiger partial charge in [-0.3, -0.25) is 9.78 Å². The van der Waals surface area contributed by atoms with Crippen molar-refractivity contribution in [3.8, 4) is 0 Å². The van der Waals surface area contributed by atoms with Crippen LogP contribution in [0.1, 0.15) is 49.5 Å². The minimum atomic E-state index is -0.530. The van der Waals surface area contributed by atoms with E-state index in [0.29, 0.717) is 43.6 Å². The average Bonchev–Trinajstić information content (AvgIpc) is 3.13. The first kappa shape index (κ1) is 22.8. The van der Waals surface area contributed by atoms with Gasteiger partial charge in [0.1, 0.15) is 16.9 Å². The molecule has 0 aliphatic carbocycles. The molecule has 174 valence electrons. The molecule has 4 rings (SSSR count). The Morgan fingerprint density at radius 1 is 1.15 bits per heavy atom. The van der Waals surface area contributed by atoms with E-state index in [1.54, 1.807) is 29.4 Å². The normalized spacial score (nSPS) is 15.0. The number of amides is 2. The van der Waals surface area contributed by atoms with E-state index < -0.39 is 5.60 Å². The number of piperidine rings is 1. The maximum atomic E-state index is 13.3. The van der Waals surface area contributed by atoms with Crippen LogP contribution in [0.3, 0.4) is 0 Å². The maximum absolute atomic E-state index is 13.3. The molecular weight excluding hydrogens is 423 g/mol. The predicted octanol–water partition coefficient (Wildman–Crippen LogP) is 4.35. The number of fused-ring (bicyclic) bond motifs is 1. The van der Waals surface area contributed by atoms with Gasteiger partial charge in [-0.25, -0.2) is 9.18 Å². The number of aromatic nitrogens is 2. The average molecular weight is 453 g/mol. The van der Waals surface area contributed by atoms with Gasteiger partial charge in [0.25, 0.3) is 5.91 Å².